The van der Waals surface area contributed by atoms with E-state index in [-0.39, 0.29) is 18.9 Å². The molecule has 2 aromatic carbocycles. The molecule has 0 aromatic heterocycles. The number of amides is 2. The van der Waals surface area contributed by atoms with E-state index in [0.717, 1.165) is 35.1 Å². The number of hydrogen-bond acceptors (Lipinski definition) is 4. The Balaban J connectivity index is 1.60. The van der Waals surface area contributed by atoms with E-state index < -0.39 is 30.1 Å². The molecule has 0 radical (unpaired) electrons. The molecule has 0 bridgehead atoms. The van der Waals surface area contributed by atoms with Gasteiger partial charge in [0.2, 0.25) is 5.91 Å². The molecule has 7 heteroatoms. The number of carboxylic acids is 1. The van der Waals surface area contributed by atoms with Crippen LogP contribution in [0, 0.1) is 0 Å². The van der Waals surface area contributed by atoms with E-state index in [0.29, 0.717) is 6.42 Å². The first kappa shape index (κ1) is 23.3. The van der Waals surface area contributed by atoms with E-state index in [4.69, 9.17) is 9.84 Å². The summed E-state index contributed by atoms with van der Waals surface area (Å²) in [5, 5.41) is 14.2. The number of rotatable bonds is 10. The summed E-state index contributed by atoms with van der Waals surface area (Å²) >= 11 is 0. The lowest BCUT2D eigenvalue weighted by molar-refractivity contribution is -0.141. The average molecular weight is 439 g/mol. The highest BCUT2D eigenvalue weighted by atomic mass is 16.5. The summed E-state index contributed by atoms with van der Waals surface area (Å²) in [7, 11) is 0. The largest absolute Gasteiger partial charge is 0.480 e. The van der Waals surface area contributed by atoms with Crippen molar-refractivity contribution < 1.29 is 24.2 Å². The molecule has 0 spiro atoms. The maximum absolute atomic E-state index is 12.6. The van der Waals surface area contributed by atoms with Crippen LogP contribution in [0.1, 0.15) is 56.6 Å². The molecule has 3 rings (SSSR count). The molecule has 2 atom stereocenters. The van der Waals surface area contributed by atoms with Crippen LogP contribution in [-0.2, 0) is 14.3 Å². The second-order valence-corrected chi connectivity index (χ2v) is 8.14. The van der Waals surface area contributed by atoms with Crippen molar-refractivity contribution in [1.29, 1.82) is 0 Å². The number of carboxylic acid groups (broad SMARTS) is 1. The molecular weight excluding hydrogens is 408 g/mol. The van der Waals surface area contributed by atoms with E-state index in [9.17, 15) is 14.4 Å². The second-order valence-electron chi connectivity index (χ2n) is 8.14. The van der Waals surface area contributed by atoms with Gasteiger partial charge in [-0.2, -0.15) is 0 Å². The van der Waals surface area contributed by atoms with Crippen LogP contribution in [0.3, 0.4) is 0 Å². The van der Waals surface area contributed by atoms with Crippen LogP contribution in [0.15, 0.2) is 48.5 Å². The Labute approximate surface area is 188 Å². The minimum absolute atomic E-state index is 0.00180. The van der Waals surface area contributed by atoms with Crippen LogP contribution in [0.2, 0.25) is 0 Å². The molecule has 1 aliphatic rings. The predicted molar refractivity (Wildman–Crippen MR) is 121 cm³/mol. The highest BCUT2D eigenvalue weighted by molar-refractivity contribution is 5.84. The molecule has 7 nitrogen and oxygen atoms in total. The molecule has 1 aliphatic carbocycles. The van der Waals surface area contributed by atoms with E-state index in [1.165, 1.54) is 6.92 Å². The molecule has 2 aromatic rings. The van der Waals surface area contributed by atoms with Gasteiger partial charge in [-0.25, -0.2) is 4.79 Å². The van der Waals surface area contributed by atoms with E-state index in [1.54, 1.807) is 0 Å². The Morgan fingerprint density at radius 3 is 2.16 bits per heavy atom. The highest BCUT2D eigenvalue weighted by Crippen LogP contribution is 2.44. The maximum atomic E-state index is 12.6. The second kappa shape index (κ2) is 10.8. The molecule has 3 N–H and O–H groups in total. The molecule has 2 amide bonds. The summed E-state index contributed by atoms with van der Waals surface area (Å²) in [6, 6.07) is 14.8. The summed E-state index contributed by atoms with van der Waals surface area (Å²) in [5.74, 6) is -1.56. The fourth-order valence-electron chi connectivity index (χ4n) is 4.07. The van der Waals surface area contributed by atoms with Crippen molar-refractivity contribution in [2.75, 3.05) is 6.61 Å². The van der Waals surface area contributed by atoms with Gasteiger partial charge >= 0.3 is 12.1 Å². The van der Waals surface area contributed by atoms with E-state index in [1.807, 2.05) is 31.2 Å². The molecule has 32 heavy (non-hydrogen) atoms. The molecule has 0 heterocycles. The maximum Gasteiger partial charge on any atom is 0.407 e. The van der Waals surface area contributed by atoms with Crippen LogP contribution < -0.4 is 10.6 Å². The smallest absolute Gasteiger partial charge is 0.407 e. The number of alkyl carbamates (subject to hydrolysis) is 1. The lowest BCUT2D eigenvalue weighted by Gasteiger charge is -2.20. The van der Waals surface area contributed by atoms with Crippen LogP contribution in [0.25, 0.3) is 11.1 Å². The standard InChI is InChI=1S/C25H30N2O5/c1-3-4-9-17(14-23(28)26-16(2)24(29)30)27-25(31)32-15-22-20-12-7-5-10-18(20)19-11-6-8-13-21(19)22/h5-8,10-13,16-17,22H,3-4,9,14-15H2,1-2H3,(H,26,28)(H,27,31)(H,29,30)/t16?,17-/m1/s1. The van der Waals surface area contributed by atoms with Crippen molar-refractivity contribution in [1.82, 2.24) is 10.6 Å². The van der Waals surface area contributed by atoms with E-state index in [2.05, 4.69) is 34.9 Å². The highest BCUT2D eigenvalue weighted by Gasteiger charge is 2.29. The van der Waals surface area contributed by atoms with Gasteiger partial charge in [0, 0.05) is 18.4 Å². The zero-order valence-electron chi connectivity index (χ0n) is 18.5. The van der Waals surface area contributed by atoms with Gasteiger partial charge in [0.15, 0.2) is 0 Å². The van der Waals surface area contributed by atoms with Gasteiger partial charge in [-0.05, 0) is 35.6 Å². The van der Waals surface area contributed by atoms with Crippen molar-refractivity contribution in [3.05, 3.63) is 59.7 Å². The van der Waals surface area contributed by atoms with Gasteiger partial charge in [-0.15, -0.1) is 0 Å². The van der Waals surface area contributed by atoms with Crippen LogP contribution in [0.4, 0.5) is 4.79 Å². The average Bonchev–Trinajstić information content (AvgIpc) is 3.09. The van der Waals surface area contributed by atoms with Gasteiger partial charge in [0.25, 0.3) is 0 Å². The summed E-state index contributed by atoms with van der Waals surface area (Å²) < 4.78 is 5.58. The summed E-state index contributed by atoms with van der Waals surface area (Å²) in [6.45, 7) is 3.62. The minimum atomic E-state index is -1.10. The first-order valence-electron chi connectivity index (χ1n) is 11.0. The zero-order valence-corrected chi connectivity index (χ0v) is 18.5. The monoisotopic (exact) mass is 438 g/mol. The number of fused-ring (bicyclic) bond motifs is 3. The normalized spacial score (nSPS) is 14.1. The fraction of sp³-hybridized carbons (Fsp3) is 0.400. The number of unbranched alkanes of at least 4 members (excludes halogenated alkanes) is 1. The fourth-order valence-corrected chi connectivity index (χ4v) is 4.07. The van der Waals surface area contributed by atoms with Gasteiger partial charge in [-0.1, -0.05) is 68.3 Å². The van der Waals surface area contributed by atoms with Crippen LogP contribution in [0.5, 0.6) is 0 Å². The molecule has 170 valence electrons. The zero-order chi connectivity index (χ0) is 23.1. The van der Waals surface area contributed by atoms with Crippen molar-refractivity contribution in [2.24, 2.45) is 0 Å². The number of carbonyl (C=O) groups excluding carboxylic acids is 2. The van der Waals surface area contributed by atoms with Gasteiger partial charge in [0.1, 0.15) is 12.6 Å². The Kier molecular flexibility index (Phi) is 7.87. The van der Waals surface area contributed by atoms with E-state index >= 15 is 0 Å². The molecule has 1 unspecified atom stereocenters. The number of ether oxygens (including phenoxy) is 1. The number of hydrogen-bond donors (Lipinski definition) is 3. The summed E-state index contributed by atoms with van der Waals surface area (Å²) in [5.41, 5.74) is 4.57. The van der Waals surface area contributed by atoms with Crippen molar-refractivity contribution in [3.63, 3.8) is 0 Å². The predicted octanol–water partition coefficient (Wildman–Crippen LogP) is 4.06. The molecule has 0 aliphatic heterocycles. The summed E-state index contributed by atoms with van der Waals surface area (Å²) in [6.07, 6.45) is 1.77. The molecular formula is C25H30N2O5. The quantitative estimate of drug-likeness (QED) is 0.519. The van der Waals surface area contributed by atoms with Crippen molar-refractivity contribution in [2.45, 2.75) is 57.5 Å². The van der Waals surface area contributed by atoms with Crippen molar-refractivity contribution >= 4 is 18.0 Å². The lowest BCUT2D eigenvalue weighted by atomic mass is 9.98. The third-order valence-electron chi connectivity index (χ3n) is 5.75. The first-order chi connectivity index (χ1) is 15.4. The minimum Gasteiger partial charge on any atom is -0.480 e. The summed E-state index contributed by atoms with van der Waals surface area (Å²) in [4.78, 5) is 35.7. The topological polar surface area (TPSA) is 105 Å². The van der Waals surface area contributed by atoms with Crippen molar-refractivity contribution in [3.8, 4) is 11.1 Å². The first-order valence-corrected chi connectivity index (χ1v) is 11.0. The number of aliphatic carboxylic acids is 1. The number of nitrogens with one attached hydrogen (secondary N) is 2. The number of benzene rings is 2. The third-order valence-corrected chi connectivity index (χ3v) is 5.75. The van der Waals surface area contributed by atoms with Crippen LogP contribution in [-0.4, -0.2) is 41.8 Å². The van der Waals surface area contributed by atoms with Gasteiger partial charge < -0.3 is 20.5 Å². The third kappa shape index (κ3) is 5.66. The van der Waals surface area contributed by atoms with Gasteiger partial charge in [-0.3, -0.25) is 9.59 Å². The number of carbonyl (C=O) groups is 3. The Hall–Kier alpha value is -3.35. The SMILES string of the molecule is CCCC[C@H](CC(=O)NC(C)C(=O)O)NC(=O)OCC1c2ccccc2-c2ccccc21. The van der Waals surface area contributed by atoms with Crippen LogP contribution >= 0.6 is 0 Å². The Morgan fingerprint density at radius 2 is 1.59 bits per heavy atom. The molecule has 0 saturated carbocycles. The Morgan fingerprint density at radius 1 is 1.00 bits per heavy atom. The van der Waals surface area contributed by atoms with Gasteiger partial charge in [0.05, 0.1) is 0 Å². The molecule has 0 fully saturated rings. The lowest BCUT2D eigenvalue weighted by Crippen LogP contribution is -2.43. The molecule has 0 saturated heterocycles. The Bertz CT molecular complexity index is 929.